The van der Waals surface area contributed by atoms with E-state index in [0.717, 1.165) is 12.1 Å². The molecule has 0 spiro atoms. The monoisotopic (exact) mass is 301 g/mol. The molecule has 2 aromatic carbocycles. The van der Waals surface area contributed by atoms with Crippen LogP contribution in [-0.2, 0) is 6.18 Å². The van der Waals surface area contributed by atoms with Crippen LogP contribution in [0.3, 0.4) is 0 Å². The van der Waals surface area contributed by atoms with Gasteiger partial charge in [0.1, 0.15) is 5.02 Å². The molecule has 0 radical (unpaired) electrons. The van der Waals surface area contributed by atoms with Gasteiger partial charge in [-0.1, -0.05) is 35.9 Å². The molecule has 104 valence electrons. The molecule has 0 atom stereocenters. The summed E-state index contributed by atoms with van der Waals surface area (Å²) < 4.78 is 38.0. The molecule has 0 saturated carbocycles. The van der Waals surface area contributed by atoms with E-state index in [4.69, 9.17) is 11.6 Å². The van der Waals surface area contributed by atoms with Crippen LogP contribution in [0.2, 0.25) is 5.02 Å². The first-order valence-electron chi connectivity index (χ1n) is 5.41. The van der Waals surface area contributed by atoms with Crippen LogP contribution in [0, 0.1) is 10.1 Å². The molecule has 0 saturated heterocycles. The maximum atomic E-state index is 12.7. The lowest BCUT2D eigenvalue weighted by Gasteiger charge is -2.10. The molecular formula is C13H7ClF3NO2. The molecule has 7 heteroatoms. The Labute approximate surface area is 116 Å². The van der Waals surface area contributed by atoms with E-state index >= 15 is 0 Å². The van der Waals surface area contributed by atoms with E-state index in [2.05, 4.69) is 0 Å². The molecule has 2 rings (SSSR count). The Morgan fingerprint density at radius 3 is 2.35 bits per heavy atom. The van der Waals surface area contributed by atoms with E-state index in [1.54, 1.807) is 0 Å². The summed E-state index contributed by atoms with van der Waals surface area (Å²) in [5.74, 6) is 0. The van der Waals surface area contributed by atoms with Gasteiger partial charge in [-0.2, -0.15) is 13.2 Å². The van der Waals surface area contributed by atoms with E-state index in [-0.39, 0.29) is 21.8 Å². The van der Waals surface area contributed by atoms with Gasteiger partial charge in [-0.3, -0.25) is 10.1 Å². The van der Waals surface area contributed by atoms with Crippen LogP contribution < -0.4 is 0 Å². The van der Waals surface area contributed by atoms with Crippen LogP contribution in [-0.4, -0.2) is 4.92 Å². The summed E-state index contributed by atoms with van der Waals surface area (Å²) >= 11 is 5.88. The summed E-state index contributed by atoms with van der Waals surface area (Å²) in [5, 5.41) is 10.6. The molecular weight excluding hydrogens is 295 g/mol. The molecule has 0 bridgehead atoms. The molecule has 3 nitrogen and oxygen atoms in total. The summed E-state index contributed by atoms with van der Waals surface area (Å²) in [6.45, 7) is 0. The standard InChI is InChI=1S/C13H7ClF3NO2/c14-12-10(5-2-6-11(12)18(19)20)8-3-1-4-9(7-8)13(15,16)17/h1-7H. The number of nitro benzene ring substituents is 1. The largest absolute Gasteiger partial charge is 0.416 e. The molecule has 0 unspecified atom stereocenters. The predicted octanol–water partition coefficient (Wildman–Crippen LogP) is 4.93. The van der Waals surface area contributed by atoms with Crippen LogP contribution in [0.5, 0.6) is 0 Å². The number of rotatable bonds is 2. The van der Waals surface area contributed by atoms with Gasteiger partial charge in [0.05, 0.1) is 10.5 Å². The molecule has 0 heterocycles. The SMILES string of the molecule is O=[N+]([O-])c1cccc(-c2cccc(C(F)(F)F)c2)c1Cl. The number of hydrogen-bond donors (Lipinski definition) is 0. The zero-order valence-electron chi connectivity index (χ0n) is 9.82. The second kappa shape index (κ2) is 5.13. The summed E-state index contributed by atoms with van der Waals surface area (Å²) in [5.41, 5.74) is -0.820. The van der Waals surface area contributed by atoms with E-state index in [1.165, 1.54) is 30.3 Å². The average molecular weight is 302 g/mol. The fourth-order valence-corrected chi connectivity index (χ4v) is 2.05. The quantitative estimate of drug-likeness (QED) is 0.583. The smallest absolute Gasteiger partial charge is 0.258 e. The van der Waals surface area contributed by atoms with Crippen molar-refractivity contribution in [3.8, 4) is 11.1 Å². The number of halogens is 4. The summed E-state index contributed by atoms with van der Waals surface area (Å²) in [6, 6.07) is 8.48. The Hall–Kier alpha value is -2.08. The zero-order chi connectivity index (χ0) is 14.9. The molecule has 2 aromatic rings. The first kappa shape index (κ1) is 14.3. The number of nitro groups is 1. The van der Waals surface area contributed by atoms with Gasteiger partial charge in [0.15, 0.2) is 0 Å². The minimum absolute atomic E-state index is 0.175. The van der Waals surface area contributed by atoms with Crippen molar-refractivity contribution in [1.82, 2.24) is 0 Å². The van der Waals surface area contributed by atoms with Gasteiger partial charge >= 0.3 is 6.18 Å². The molecule has 0 aromatic heterocycles. The molecule has 0 N–H and O–H groups in total. The van der Waals surface area contributed by atoms with Crippen LogP contribution in [0.1, 0.15) is 5.56 Å². The summed E-state index contributed by atoms with van der Waals surface area (Å²) in [6.07, 6.45) is -4.48. The maximum absolute atomic E-state index is 12.7. The molecule has 0 aliphatic rings. The van der Waals surface area contributed by atoms with Crippen molar-refractivity contribution >= 4 is 17.3 Å². The Bertz CT molecular complexity index is 671. The number of alkyl halides is 3. The van der Waals surface area contributed by atoms with Gasteiger partial charge < -0.3 is 0 Å². The highest BCUT2D eigenvalue weighted by Crippen LogP contribution is 2.37. The third-order valence-corrected chi connectivity index (χ3v) is 3.07. The van der Waals surface area contributed by atoms with Gasteiger partial charge in [-0.25, -0.2) is 0 Å². The van der Waals surface area contributed by atoms with E-state index in [9.17, 15) is 23.3 Å². The second-order valence-corrected chi connectivity index (χ2v) is 4.35. The highest BCUT2D eigenvalue weighted by molar-refractivity contribution is 6.35. The van der Waals surface area contributed by atoms with E-state index in [0.29, 0.717) is 0 Å². The van der Waals surface area contributed by atoms with Gasteiger partial charge in [0.2, 0.25) is 0 Å². The topological polar surface area (TPSA) is 43.1 Å². The Morgan fingerprint density at radius 1 is 1.10 bits per heavy atom. The molecule has 0 fully saturated rings. The number of benzene rings is 2. The molecule has 0 amide bonds. The lowest BCUT2D eigenvalue weighted by Crippen LogP contribution is -2.04. The van der Waals surface area contributed by atoms with Crippen LogP contribution in [0.15, 0.2) is 42.5 Å². The minimum Gasteiger partial charge on any atom is -0.258 e. The number of hydrogen-bond acceptors (Lipinski definition) is 2. The van der Waals surface area contributed by atoms with Crippen LogP contribution in [0.25, 0.3) is 11.1 Å². The fourth-order valence-electron chi connectivity index (χ4n) is 1.75. The lowest BCUT2D eigenvalue weighted by molar-refractivity contribution is -0.384. The fraction of sp³-hybridized carbons (Fsp3) is 0.0769. The van der Waals surface area contributed by atoms with Crippen molar-refractivity contribution in [2.75, 3.05) is 0 Å². The highest BCUT2D eigenvalue weighted by Gasteiger charge is 2.30. The number of nitrogens with zero attached hydrogens (tertiary/aromatic N) is 1. The van der Waals surface area contributed by atoms with Gasteiger partial charge in [-0.15, -0.1) is 0 Å². The van der Waals surface area contributed by atoms with Crippen molar-refractivity contribution in [2.45, 2.75) is 6.18 Å². The first-order valence-corrected chi connectivity index (χ1v) is 5.79. The molecule has 0 aliphatic heterocycles. The first-order chi connectivity index (χ1) is 9.30. The Balaban J connectivity index is 2.58. The lowest BCUT2D eigenvalue weighted by atomic mass is 10.0. The molecule has 20 heavy (non-hydrogen) atoms. The zero-order valence-corrected chi connectivity index (χ0v) is 10.6. The van der Waals surface area contributed by atoms with E-state index < -0.39 is 16.7 Å². The van der Waals surface area contributed by atoms with Crippen molar-refractivity contribution in [3.63, 3.8) is 0 Å². The maximum Gasteiger partial charge on any atom is 0.416 e. The van der Waals surface area contributed by atoms with E-state index in [1.807, 2.05) is 0 Å². The summed E-state index contributed by atoms with van der Waals surface area (Å²) in [7, 11) is 0. The van der Waals surface area contributed by atoms with Gasteiger partial charge in [0.25, 0.3) is 5.69 Å². The molecule has 0 aliphatic carbocycles. The van der Waals surface area contributed by atoms with Crippen molar-refractivity contribution in [2.24, 2.45) is 0 Å². The van der Waals surface area contributed by atoms with Crippen molar-refractivity contribution in [3.05, 3.63) is 63.2 Å². The van der Waals surface area contributed by atoms with Crippen molar-refractivity contribution in [1.29, 1.82) is 0 Å². The third-order valence-electron chi connectivity index (χ3n) is 2.68. The normalized spacial score (nSPS) is 11.4. The Morgan fingerprint density at radius 2 is 1.75 bits per heavy atom. The predicted molar refractivity (Wildman–Crippen MR) is 68.5 cm³/mol. The summed E-state index contributed by atoms with van der Waals surface area (Å²) in [4.78, 5) is 10.1. The second-order valence-electron chi connectivity index (χ2n) is 3.97. The average Bonchev–Trinajstić information content (AvgIpc) is 2.38. The van der Waals surface area contributed by atoms with Crippen LogP contribution >= 0.6 is 11.6 Å². The Kier molecular flexibility index (Phi) is 3.67. The minimum atomic E-state index is -4.48. The van der Waals surface area contributed by atoms with Gasteiger partial charge in [0, 0.05) is 11.6 Å². The van der Waals surface area contributed by atoms with Crippen molar-refractivity contribution < 1.29 is 18.1 Å². The highest BCUT2D eigenvalue weighted by atomic mass is 35.5. The van der Waals surface area contributed by atoms with Crippen LogP contribution in [0.4, 0.5) is 18.9 Å². The third kappa shape index (κ3) is 2.75. The van der Waals surface area contributed by atoms with Gasteiger partial charge in [-0.05, 0) is 17.7 Å².